The summed E-state index contributed by atoms with van der Waals surface area (Å²) in [6.45, 7) is 2.46. The number of fused-ring (bicyclic) bond motifs is 1. The summed E-state index contributed by atoms with van der Waals surface area (Å²) in [7, 11) is 0. The molecule has 3 aromatic rings. The number of aromatic nitrogens is 2. The summed E-state index contributed by atoms with van der Waals surface area (Å²) < 4.78 is 41.8. The first kappa shape index (κ1) is 21.4. The number of halogens is 3. The topological polar surface area (TPSA) is 50.2 Å². The Bertz CT molecular complexity index is 1020. The zero-order valence-corrected chi connectivity index (χ0v) is 17.1. The van der Waals surface area contributed by atoms with Crippen LogP contribution in [0.25, 0.3) is 11.0 Å². The summed E-state index contributed by atoms with van der Waals surface area (Å²) in [5.74, 6) is -0.763. The maximum Gasteiger partial charge on any atom is 0.449 e. The molecule has 0 unspecified atom stereocenters. The van der Waals surface area contributed by atoms with E-state index in [9.17, 15) is 18.0 Å². The van der Waals surface area contributed by atoms with Crippen molar-refractivity contribution in [2.45, 2.75) is 32.1 Å². The maximum absolute atomic E-state index is 13.5. The average molecular weight is 430 g/mol. The standard InChI is InChI=1S/C23H25F3N4O/c24-23(25,26)22-28-19-8-4-5-9-20(19)30(22)15-18-10-12-29(13-11-18)16-21(31)27-14-17-6-2-1-3-7-17/h1-9,18H,10-16H2,(H,27,31). The molecule has 31 heavy (non-hydrogen) atoms. The van der Waals surface area contributed by atoms with Crippen molar-refractivity contribution in [1.29, 1.82) is 0 Å². The van der Waals surface area contributed by atoms with Crippen LogP contribution in [0, 0.1) is 5.92 Å². The lowest BCUT2D eigenvalue weighted by atomic mass is 9.96. The number of para-hydroxylation sites is 2. The number of alkyl halides is 3. The fraction of sp³-hybridized carbons (Fsp3) is 0.391. The molecule has 1 aliphatic heterocycles. The molecule has 0 aliphatic carbocycles. The molecule has 1 N–H and O–H groups in total. The molecule has 0 bridgehead atoms. The molecule has 1 aliphatic rings. The van der Waals surface area contributed by atoms with Crippen LogP contribution in [0.15, 0.2) is 54.6 Å². The van der Waals surface area contributed by atoms with Crippen LogP contribution in [-0.4, -0.2) is 40.0 Å². The Morgan fingerprint density at radius 1 is 1.03 bits per heavy atom. The molecule has 0 spiro atoms. The molecule has 8 heteroatoms. The smallest absolute Gasteiger partial charge is 0.351 e. The SMILES string of the molecule is O=C(CN1CCC(Cn2c(C(F)(F)F)nc3ccccc32)CC1)NCc1ccccc1. The number of benzene rings is 2. The first-order chi connectivity index (χ1) is 14.9. The quantitative estimate of drug-likeness (QED) is 0.641. The van der Waals surface area contributed by atoms with Crippen LogP contribution >= 0.6 is 0 Å². The number of nitrogens with one attached hydrogen (secondary N) is 1. The highest BCUT2D eigenvalue weighted by atomic mass is 19.4. The van der Waals surface area contributed by atoms with Gasteiger partial charge in [-0.2, -0.15) is 13.2 Å². The second-order valence-electron chi connectivity index (χ2n) is 8.01. The van der Waals surface area contributed by atoms with E-state index in [0.29, 0.717) is 37.2 Å². The van der Waals surface area contributed by atoms with Gasteiger partial charge in [-0.1, -0.05) is 42.5 Å². The summed E-state index contributed by atoms with van der Waals surface area (Å²) in [5, 5.41) is 2.92. The molecule has 2 heterocycles. The van der Waals surface area contributed by atoms with Gasteiger partial charge in [0.1, 0.15) is 0 Å². The number of imidazole rings is 1. The number of hydrogen-bond acceptors (Lipinski definition) is 3. The van der Waals surface area contributed by atoms with Crippen molar-refractivity contribution < 1.29 is 18.0 Å². The van der Waals surface area contributed by atoms with E-state index in [1.165, 1.54) is 4.57 Å². The molecular weight excluding hydrogens is 405 g/mol. The molecule has 1 aromatic heterocycles. The highest BCUT2D eigenvalue weighted by molar-refractivity contribution is 5.78. The van der Waals surface area contributed by atoms with Gasteiger partial charge in [-0.05, 0) is 49.5 Å². The monoisotopic (exact) mass is 430 g/mol. The third kappa shape index (κ3) is 5.25. The van der Waals surface area contributed by atoms with E-state index in [-0.39, 0.29) is 18.4 Å². The lowest BCUT2D eigenvalue weighted by Crippen LogP contribution is -2.42. The van der Waals surface area contributed by atoms with Gasteiger partial charge in [0.25, 0.3) is 0 Å². The zero-order valence-electron chi connectivity index (χ0n) is 17.1. The van der Waals surface area contributed by atoms with Crippen molar-refractivity contribution in [3.63, 3.8) is 0 Å². The molecule has 0 radical (unpaired) electrons. The first-order valence-corrected chi connectivity index (χ1v) is 10.5. The molecular formula is C23H25F3N4O. The number of carbonyl (C=O) groups is 1. The van der Waals surface area contributed by atoms with Crippen LogP contribution < -0.4 is 5.32 Å². The molecule has 5 nitrogen and oxygen atoms in total. The number of amides is 1. The van der Waals surface area contributed by atoms with Crippen molar-refractivity contribution in [1.82, 2.24) is 19.8 Å². The second-order valence-corrected chi connectivity index (χ2v) is 8.01. The Hall–Kier alpha value is -2.87. The van der Waals surface area contributed by atoms with E-state index in [1.54, 1.807) is 24.3 Å². The van der Waals surface area contributed by atoms with Crippen LogP contribution in [-0.2, 0) is 24.1 Å². The van der Waals surface area contributed by atoms with Gasteiger partial charge < -0.3 is 9.88 Å². The summed E-state index contributed by atoms with van der Waals surface area (Å²) in [5.41, 5.74) is 1.92. The minimum Gasteiger partial charge on any atom is -0.351 e. The molecule has 164 valence electrons. The van der Waals surface area contributed by atoms with Gasteiger partial charge in [0, 0.05) is 13.1 Å². The minimum absolute atomic E-state index is 0.0396. The number of carbonyl (C=O) groups excluding carboxylic acids is 1. The molecule has 0 saturated carbocycles. The highest BCUT2D eigenvalue weighted by Gasteiger charge is 2.38. The first-order valence-electron chi connectivity index (χ1n) is 10.5. The van der Waals surface area contributed by atoms with Gasteiger partial charge in [-0.25, -0.2) is 4.98 Å². The third-order valence-electron chi connectivity index (χ3n) is 5.76. The maximum atomic E-state index is 13.5. The van der Waals surface area contributed by atoms with E-state index in [0.717, 1.165) is 18.4 Å². The van der Waals surface area contributed by atoms with Crippen LogP contribution in [0.5, 0.6) is 0 Å². The Morgan fingerprint density at radius 2 is 1.71 bits per heavy atom. The normalized spacial score (nSPS) is 16.0. The van der Waals surface area contributed by atoms with Crippen molar-refractivity contribution in [2.24, 2.45) is 5.92 Å². The fourth-order valence-corrected chi connectivity index (χ4v) is 4.12. The number of nitrogens with zero attached hydrogens (tertiary/aromatic N) is 3. The third-order valence-corrected chi connectivity index (χ3v) is 5.76. The largest absolute Gasteiger partial charge is 0.449 e. The molecule has 1 amide bonds. The van der Waals surface area contributed by atoms with E-state index in [2.05, 4.69) is 15.2 Å². The summed E-state index contributed by atoms with van der Waals surface area (Å²) in [6, 6.07) is 16.4. The molecule has 2 aromatic carbocycles. The van der Waals surface area contributed by atoms with E-state index < -0.39 is 12.0 Å². The summed E-state index contributed by atoms with van der Waals surface area (Å²) in [6.07, 6.45) is -3.00. The van der Waals surface area contributed by atoms with Crippen LogP contribution in [0.1, 0.15) is 24.2 Å². The number of rotatable bonds is 6. The Labute approximate surface area is 178 Å². The van der Waals surface area contributed by atoms with Gasteiger partial charge in [0.15, 0.2) is 0 Å². The lowest BCUT2D eigenvalue weighted by molar-refractivity contribution is -0.147. The predicted molar refractivity (Wildman–Crippen MR) is 112 cm³/mol. The Morgan fingerprint density at radius 3 is 2.42 bits per heavy atom. The number of piperidine rings is 1. The van der Waals surface area contributed by atoms with Crippen LogP contribution in [0.4, 0.5) is 13.2 Å². The van der Waals surface area contributed by atoms with Gasteiger partial charge >= 0.3 is 6.18 Å². The Kier molecular flexibility index (Phi) is 6.27. The van der Waals surface area contributed by atoms with Gasteiger partial charge in [-0.3, -0.25) is 9.69 Å². The second kappa shape index (κ2) is 9.09. The fourth-order valence-electron chi connectivity index (χ4n) is 4.12. The van der Waals surface area contributed by atoms with Crippen LogP contribution in [0.2, 0.25) is 0 Å². The van der Waals surface area contributed by atoms with Crippen molar-refractivity contribution in [2.75, 3.05) is 19.6 Å². The Balaban J connectivity index is 1.32. The molecule has 0 atom stereocenters. The van der Waals surface area contributed by atoms with Crippen LogP contribution in [0.3, 0.4) is 0 Å². The van der Waals surface area contributed by atoms with Gasteiger partial charge in [0.05, 0.1) is 17.6 Å². The number of hydrogen-bond donors (Lipinski definition) is 1. The van der Waals surface area contributed by atoms with E-state index >= 15 is 0 Å². The molecule has 1 saturated heterocycles. The lowest BCUT2D eigenvalue weighted by Gasteiger charge is -2.32. The molecule has 1 fully saturated rings. The summed E-state index contributed by atoms with van der Waals surface area (Å²) >= 11 is 0. The average Bonchev–Trinajstić information content (AvgIpc) is 3.13. The van der Waals surface area contributed by atoms with Crippen molar-refractivity contribution in [3.05, 3.63) is 66.0 Å². The molecule has 4 rings (SSSR count). The van der Waals surface area contributed by atoms with Gasteiger partial charge in [-0.15, -0.1) is 0 Å². The summed E-state index contributed by atoms with van der Waals surface area (Å²) in [4.78, 5) is 18.1. The van der Waals surface area contributed by atoms with E-state index in [4.69, 9.17) is 0 Å². The van der Waals surface area contributed by atoms with Crippen molar-refractivity contribution >= 4 is 16.9 Å². The predicted octanol–water partition coefficient (Wildman–Crippen LogP) is 4.08. The van der Waals surface area contributed by atoms with E-state index in [1.807, 2.05) is 30.3 Å². The highest BCUT2D eigenvalue weighted by Crippen LogP contribution is 2.33. The number of likely N-dealkylation sites (tertiary alicyclic amines) is 1. The zero-order chi connectivity index (χ0) is 21.8. The van der Waals surface area contributed by atoms with Crippen molar-refractivity contribution in [3.8, 4) is 0 Å². The van der Waals surface area contributed by atoms with Gasteiger partial charge in [0.2, 0.25) is 11.7 Å². The minimum atomic E-state index is -4.49.